The Morgan fingerprint density at radius 2 is 1.93 bits per heavy atom. The summed E-state index contributed by atoms with van der Waals surface area (Å²) in [7, 11) is -0.915. The Kier molecular flexibility index (Phi) is 5.50. The molecule has 0 spiro atoms. The van der Waals surface area contributed by atoms with Crippen molar-refractivity contribution < 1.29 is 23.7 Å². The summed E-state index contributed by atoms with van der Waals surface area (Å²) >= 11 is 0. The second-order valence-corrected chi connectivity index (χ2v) is 10.1. The smallest absolute Gasteiger partial charge is 0.250 e. The van der Waals surface area contributed by atoms with Crippen molar-refractivity contribution in [3.63, 3.8) is 0 Å². The molecular weight excluding hydrogens is 404 g/mol. The van der Waals surface area contributed by atoms with E-state index in [2.05, 4.69) is 4.98 Å². The van der Waals surface area contributed by atoms with Gasteiger partial charge in [0.15, 0.2) is 0 Å². The van der Waals surface area contributed by atoms with E-state index >= 15 is 0 Å². The Morgan fingerprint density at radius 1 is 1.20 bits per heavy atom. The lowest BCUT2D eigenvalue weighted by Gasteiger charge is -2.39. The third kappa shape index (κ3) is 3.79. The number of benzene rings is 2. The zero-order valence-corrected chi connectivity index (χ0v) is 17.5. The summed E-state index contributed by atoms with van der Waals surface area (Å²) in [5.41, 5.74) is 10.1. The number of nitrogens with one attached hydrogen (secondary N) is 1. The van der Waals surface area contributed by atoms with Crippen LogP contribution in [-0.2, 0) is 6.61 Å². The topological polar surface area (TPSA) is 129 Å². The van der Waals surface area contributed by atoms with Gasteiger partial charge in [-0.2, -0.15) is 10.6 Å². The largest absolute Gasteiger partial charge is 0.496 e. The van der Waals surface area contributed by atoms with Gasteiger partial charge in [-0.3, -0.25) is 13.9 Å². The number of hydrogen-bond acceptors (Lipinski definition) is 5. The number of fused-ring (bicyclic) bond motifs is 1. The Morgan fingerprint density at radius 3 is 2.57 bits per heavy atom. The standard InChI is InChI=1S/C22H26N2O5S/c1-29-20-3-2-14(8-16(20)12-25)15-9-17-19(13-4-6-30(27,28)7-5-13)11-24-21(17)18(10-15)22(23)26/h2-3,8-11,13,24-25,27-28H,4-7,12H2,1H3,(H2,23,26). The van der Waals surface area contributed by atoms with E-state index in [1.54, 1.807) is 19.2 Å². The van der Waals surface area contributed by atoms with Crippen molar-refractivity contribution in [2.75, 3.05) is 18.6 Å². The van der Waals surface area contributed by atoms with Crippen LogP contribution in [0.15, 0.2) is 36.5 Å². The van der Waals surface area contributed by atoms with Gasteiger partial charge in [0.2, 0.25) is 0 Å². The first kappa shape index (κ1) is 20.7. The monoisotopic (exact) mass is 430 g/mol. The van der Waals surface area contributed by atoms with Gasteiger partial charge in [0, 0.05) is 28.7 Å². The fourth-order valence-electron chi connectivity index (χ4n) is 4.25. The number of hydrogen-bond donors (Lipinski definition) is 5. The second kappa shape index (κ2) is 7.96. The summed E-state index contributed by atoms with van der Waals surface area (Å²) < 4.78 is 25.2. The summed E-state index contributed by atoms with van der Waals surface area (Å²) in [6.45, 7) is -0.161. The van der Waals surface area contributed by atoms with Crippen LogP contribution < -0.4 is 10.5 Å². The van der Waals surface area contributed by atoms with E-state index in [0.29, 0.717) is 46.7 Å². The minimum absolute atomic E-state index is 0.161. The SMILES string of the molecule is COc1ccc(-c2cc(C(N)=O)c3[nH]cc(C4CCS(O)(O)CC4)c3c2)cc1CO. The summed E-state index contributed by atoms with van der Waals surface area (Å²) in [6, 6.07) is 9.28. The van der Waals surface area contributed by atoms with Crippen molar-refractivity contribution in [3.05, 3.63) is 53.2 Å². The van der Waals surface area contributed by atoms with Gasteiger partial charge in [-0.1, -0.05) is 6.07 Å². The molecule has 1 fully saturated rings. The molecule has 3 aromatic rings. The molecule has 6 N–H and O–H groups in total. The molecule has 4 rings (SSSR count). The first-order chi connectivity index (χ1) is 14.3. The maximum Gasteiger partial charge on any atom is 0.250 e. The second-order valence-electron chi connectivity index (χ2n) is 7.72. The van der Waals surface area contributed by atoms with E-state index in [9.17, 15) is 19.0 Å². The molecule has 1 aromatic heterocycles. The number of aliphatic hydroxyl groups is 1. The molecule has 0 unspecified atom stereocenters. The lowest BCUT2D eigenvalue weighted by atomic mass is 9.90. The van der Waals surface area contributed by atoms with Crippen LogP contribution in [0.2, 0.25) is 0 Å². The Balaban J connectivity index is 1.83. The summed E-state index contributed by atoms with van der Waals surface area (Å²) in [4.78, 5) is 15.4. The molecule has 30 heavy (non-hydrogen) atoms. The van der Waals surface area contributed by atoms with E-state index in [1.807, 2.05) is 24.4 Å². The minimum Gasteiger partial charge on any atom is -0.496 e. The molecule has 0 atom stereocenters. The molecule has 2 aromatic carbocycles. The normalized spacial score (nSPS) is 17.7. The zero-order valence-electron chi connectivity index (χ0n) is 16.7. The van der Waals surface area contributed by atoms with E-state index < -0.39 is 16.5 Å². The van der Waals surface area contributed by atoms with Crippen molar-refractivity contribution in [1.29, 1.82) is 0 Å². The third-order valence-electron chi connectivity index (χ3n) is 5.90. The lowest BCUT2D eigenvalue weighted by Crippen LogP contribution is -2.19. The highest BCUT2D eigenvalue weighted by atomic mass is 32.3. The first-order valence-electron chi connectivity index (χ1n) is 9.79. The number of methoxy groups -OCH3 is 1. The fourth-order valence-corrected chi connectivity index (χ4v) is 5.78. The van der Waals surface area contributed by atoms with E-state index in [4.69, 9.17) is 10.5 Å². The molecule has 0 radical (unpaired) electrons. The van der Waals surface area contributed by atoms with Crippen LogP contribution >= 0.6 is 10.6 Å². The van der Waals surface area contributed by atoms with Crippen molar-refractivity contribution in [2.24, 2.45) is 5.73 Å². The summed E-state index contributed by atoms with van der Waals surface area (Å²) in [6.07, 6.45) is 3.26. The number of aromatic nitrogens is 1. The Hall–Kier alpha value is -2.52. The summed E-state index contributed by atoms with van der Waals surface area (Å²) in [5, 5.41) is 10.6. The molecular formula is C22H26N2O5S. The van der Waals surface area contributed by atoms with Crippen LogP contribution in [-0.4, -0.2) is 43.7 Å². The molecule has 1 saturated heterocycles. The molecule has 1 amide bonds. The highest BCUT2D eigenvalue weighted by Gasteiger charge is 2.27. The number of ether oxygens (including phenoxy) is 1. The van der Waals surface area contributed by atoms with Crippen molar-refractivity contribution >= 4 is 27.4 Å². The summed E-state index contributed by atoms with van der Waals surface area (Å²) in [5.74, 6) is 1.04. The predicted octanol–water partition coefficient (Wildman–Crippen LogP) is 4.06. The first-order valence-corrected chi connectivity index (χ1v) is 11.7. The van der Waals surface area contributed by atoms with Crippen molar-refractivity contribution in [2.45, 2.75) is 25.4 Å². The lowest BCUT2D eigenvalue weighted by molar-refractivity contribution is 0.100. The average molecular weight is 431 g/mol. The number of aromatic amines is 1. The molecule has 1 aliphatic rings. The molecule has 8 heteroatoms. The third-order valence-corrected chi connectivity index (χ3v) is 7.68. The van der Waals surface area contributed by atoms with Gasteiger partial charge in [-0.05, 0) is 59.7 Å². The van der Waals surface area contributed by atoms with Crippen molar-refractivity contribution in [3.8, 4) is 16.9 Å². The Labute approximate surface area is 176 Å². The number of amides is 1. The van der Waals surface area contributed by atoms with Crippen LogP contribution in [0, 0.1) is 0 Å². The van der Waals surface area contributed by atoms with Gasteiger partial charge in [-0.25, -0.2) is 0 Å². The number of carbonyl (C=O) groups excluding carboxylic acids is 1. The van der Waals surface area contributed by atoms with Crippen LogP contribution in [0.3, 0.4) is 0 Å². The quantitative estimate of drug-likeness (QED) is 0.417. The number of primary amides is 1. The van der Waals surface area contributed by atoms with Gasteiger partial charge in [0.1, 0.15) is 5.75 Å². The van der Waals surface area contributed by atoms with Gasteiger partial charge in [0.05, 0.1) is 24.8 Å². The molecule has 160 valence electrons. The maximum atomic E-state index is 12.2. The van der Waals surface area contributed by atoms with Crippen LogP contribution in [0.5, 0.6) is 5.75 Å². The molecule has 2 heterocycles. The van der Waals surface area contributed by atoms with Gasteiger partial charge >= 0.3 is 0 Å². The zero-order chi connectivity index (χ0) is 21.5. The van der Waals surface area contributed by atoms with E-state index in [0.717, 1.165) is 22.1 Å². The highest BCUT2D eigenvalue weighted by Crippen LogP contribution is 2.49. The van der Waals surface area contributed by atoms with Crippen LogP contribution in [0.1, 0.15) is 40.2 Å². The number of nitrogens with two attached hydrogens (primary N) is 1. The molecule has 0 aliphatic carbocycles. The highest BCUT2D eigenvalue weighted by molar-refractivity contribution is 8.24. The van der Waals surface area contributed by atoms with Gasteiger partial charge in [-0.15, -0.1) is 0 Å². The minimum atomic E-state index is -2.47. The van der Waals surface area contributed by atoms with Crippen molar-refractivity contribution in [1.82, 2.24) is 4.98 Å². The predicted molar refractivity (Wildman–Crippen MR) is 119 cm³/mol. The van der Waals surface area contributed by atoms with Gasteiger partial charge in [0.25, 0.3) is 5.91 Å². The molecule has 1 aliphatic heterocycles. The maximum absolute atomic E-state index is 12.2. The number of aliphatic hydroxyl groups excluding tert-OH is 1. The van der Waals surface area contributed by atoms with E-state index in [-0.39, 0.29) is 12.5 Å². The van der Waals surface area contributed by atoms with Gasteiger partial charge < -0.3 is 20.6 Å². The van der Waals surface area contributed by atoms with Crippen LogP contribution in [0.25, 0.3) is 22.0 Å². The van der Waals surface area contributed by atoms with E-state index in [1.165, 1.54) is 0 Å². The molecule has 0 bridgehead atoms. The number of rotatable bonds is 5. The average Bonchev–Trinajstić information content (AvgIpc) is 3.16. The van der Waals surface area contributed by atoms with Crippen LogP contribution in [0.4, 0.5) is 0 Å². The Bertz CT molecular complexity index is 1100. The number of H-pyrrole nitrogens is 1. The molecule has 7 nitrogen and oxygen atoms in total. The number of carbonyl (C=O) groups is 1. The fraction of sp³-hybridized carbons (Fsp3) is 0.318. The molecule has 0 saturated carbocycles.